The lowest BCUT2D eigenvalue weighted by Crippen LogP contribution is -2.17. The molecule has 0 unspecified atom stereocenters. The molecule has 0 atom stereocenters. The lowest BCUT2D eigenvalue weighted by molar-refractivity contribution is -0.141. The number of aromatic nitrogens is 2. The molecule has 0 aliphatic heterocycles. The van der Waals surface area contributed by atoms with Gasteiger partial charge in [-0.25, -0.2) is 4.98 Å². The van der Waals surface area contributed by atoms with Crippen molar-refractivity contribution in [2.45, 2.75) is 44.9 Å². The fourth-order valence-corrected chi connectivity index (χ4v) is 4.22. The number of halogens is 3. The van der Waals surface area contributed by atoms with Crippen LogP contribution in [0.1, 0.15) is 42.0 Å². The van der Waals surface area contributed by atoms with Crippen molar-refractivity contribution in [2.75, 3.05) is 0 Å². The molecule has 170 valence electrons. The van der Waals surface area contributed by atoms with Crippen molar-refractivity contribution >= 4 is 11.0 Å². The molecule has 5 nitrogen and oxygen atoms in total. The molecule has 1 aliphatic rings. The van der Waals surface area contributed by atoms with Gasteiger partial charge in [0.15, 0.2) is 0 Å². The summed E-state index contributed by atoms with van der Waals surface area (Å²) in [6, 6.07) is 12.3. The molecular formula is C25H21F3N2O3. The molecule has 0 saturated heterocycles. The van der Waals surface area contributed by atoms with Crippen LogP contribution in [-0.2, 0) is 25.6 Å². The Hall–Kier alpha value is -3.55. The van der Waals surface area contributed by atoms with Crippen molar-refractivity contribution in [3.63, 3.8) is 0 Å². The SMILES string of the molecule is O=c1cc(OCc2cccc(C(F)(F)F)n2)ccn1-c1ccc2c3c(oc2c1)CCCCC3. The van der Waals surface area contributed by atoms with Crippen LogP contribution in [0.5, 0.6) is 5.75 Å². The van der Waals surface area contributed by atoms with Gasteiger partial charge in [0.2, 0.25) is 0 Å². The highest BCUT2D eigenvalue weighted by Crippen LogP contribution is 2.32. The predicted octanol–water partition coefficient (Wildman–Crippen LogP) is 5.85. The maximum absolute atomic E-state index is 12.8. The molecule has 1 aliphatic carbocycles. The average Bonchev–Trinajstić information content (AvgIpc) is 2.97. The van der Waals surface area contributed by atoms with Gasteiger partial charge in [-0.15, -0.1) is 0 Å². The summed E-state index contributed by atoms with van der Waals surface area (Å²) in [5.74, 6) is 1.29. The largest absolute Gasteiger partial charge is 0.487 e. The van der Waals surface area contributed by atoms with Crippen molar-refractivity contribution < 1.29 is 22.3 Å². The number of hydrogen-bond acceptors (Lipinski definition) is 4. The minimum Gasteiger partial charge on any atom is -0.487 e. The third-order valence-corrected chi connectivity index (χ3v) is 5.84. The van der Waals surface area contributed by atoms with Gasteiger partial charge in [0.25, 0.3) is 5.56 Å². The number of benzene rings is 1. The Morgan fingerprint density at radius 3 is 2.70 bits per heavy atom. The first kappa shape index (κ1) is 21.3. The summed E-state index contributed by atoms with van der Waals surface area (Å²) < 4.78 is 51.5. The van der Waals surface area contributed by atoms with Crippen LogP contribution in [0.25, 0.3) is 16.7 Å². The number of pyridine rings is 2. The molecule has 0 radical (unpaired) electrons. The van der Waals surface area contributed by atoms with Crippen LogP contribution in [0, 0.1) is 0 Å². The van der Waals surface area contributed by atoms with Crippen molar-refractivity contribution in [1.82, 2.24) is 9.55 Å². The van der Waals surface area contributed by atoms with E-state index in [1.807, 2.05) is 18.2 Å². The fourth-order valence-electron chi connectivity index (χ4n) is 4.22. The van der Waals surface area contributed by atoms with E-state index in [4.69, 9.17) is 9.15 Å². The number of hydrogen-bond donors (Lipinski definition) is 0. The topological polar surface area (TPSA) is 57.3 Å². The van der Waals surface area contributed by atoms with Crippen LogP contribution < -0.4 is 10.3 Å². The molecule has 0 saturated carbocycles. The van der Waals surface area contributed by atoms with Gasteiger partial charge in [-0.2, -0.15) is 13.2 Å². The van der Waals surface area contributed by atoms with E-state index in [1.165, 1.54) is 34.8 Å². The Labute approximate surface area is 187 Å². The highest BCUT2D eigenvalue weighted by atomic mass is 19.4. The molecule has 0 spiro atoms. The molecule has 33 heavy (non-hydrogen) atoms. The molecule has 1 aromatic carbocycles. The Balaban J connectivity index is 1.36. The lowest BCUT2D eigenvalue weighted by Gasteiger charge is -2.10. The Morgan fingerprint density at radius 1 is 1.03 bits per heavy atom. The third kappa shape index (κ3) is 4.37. The summed E-state index contributed by atoms with van der Waals surface area (Å²) in [4.78, 5) is 16.3. The van der Waals surface area contributed by atoms with E-state index in [9.17, 15) is 18.0 Å². The first-order chi connectivity index (χ1) is 15.9. The fraction of sp³-hybridized carbons (Fsp3) is 0.280. The van der Waals surface area contributed by atoms with E-state index in [1.54, 1.807) is 12.3 Å². The van der Waals surface area contributed by atoms with Crippen LogP contribution in [0.3, 0.4) is 0 Å². The van der Waals surface area contributed by atoms with Gasteiger partial charge >= 0.3 is 6.18 Å². The minimum atomic E-state index is -4.52. The maximum Gasteiger partial charge on any atom is 0.433 e. The summed E-state index contributed by atoms with van der Waals surface area (Å²) in [5, 5.41) is 1.09. The van der Waals surface area contributed by atoms with Gasteiger partial charge in [-0.3, -0.25) is 9.36 Å². The first-order valence-corrected chi connectivity index (χ1v) is 10.8. The molecule has 3 heterocycles. The molecule has 5 rings (SSSR count). The monoisotopic (exact) mass is 454 g/mol. The molecule has 8 heteroatoms. The van der Waals surface area contributed by atoms with Crippen LogP contribution in [-0.4, -0.2) is 9.55 Å². The van der Waals surface area contributed by atoms with Crippen molar-refractivity contribution in [1.29, 1.82) is 0 Å². The van der Waals surface area contributed by atoms with E-state index in [-0.39, 0.29) is 23.6 Å². The zero-order valence-corrected chi connectivity index (χ0v) is 17.7. The highest BCUT2D eigenvalue weighted by molar-refractivity contribution is 5.84. The normalized spacial score (nSPS) is 14.2. The highest BCUT2D eigenvalue weighted by Gasteiger charge is 2.32. The molecule has 0 fully saturated rings. The zero-order chi connectivity index (χ0) is 23.0. The maximum atomic E-state index is 12.8. The summed E-state index contributed by atoms with van der Waals surface area (Å²) in [7, 11) is 0. The number of rotatable bonds is 4. The zero-order valence-electron chi connectivity index (χ0n) is 17.7. The van der Waals surface area contributed by atoms with Crippen molar-refractivity contribution in [3.05, 3.63) is 87.8 Å². The molecule has 3 aromatic heterocycles. The first-order valence-electron chi connectivity index (χ1n) is 10.8. The minimum absolute atomic E-state index is 0.122. The van der Waals surface area contributed by atoms with Gasteiger partial charge in [0.05, 0.1) is 11.4 Å². The number of ether oxygens (including phenoxy) is 1. The van der Waals surface area contributed by atoms with Gasteiger partial charge in [-0.1, -0.05) is 12.5 Å². The summed E-state index contributed by atoms with van der Waals surface area (Å²) >= 11 is 0. The van der Waals surface area contributed by atoms with E-state index in [0.717, 1.165) is 48.5 Å². The van der Waals surface area contributed by atoms with Crippen molar-refractivity contribution in [2.24, 2.45) is 0 Å². The number of fused-ring (bicyclic) bond motifs is 3. The molecule has 0 amide bonds. The van der Waals surface area contributed by atoms with Gasteiger partial charge in [0, 0.05) is 35.7 Å². The summed E-state index contributed by atoms with van der Waals surface area (Å²) in [6.45, 7) is -0.183. The van der Waals surface area contributed by atoms with E-state index in [2.05, 4.69) is 4.98 Å². The summed E-state index contributed by atoms with van der Waals surface area (Å²) in [5.41, 5.74) is 1.52. The van der Waals surface area contributed by atoms with E-state index < -0.39 is 11.9 Å². The van der Waals surface area contributed by atoms with Crippen LogP contribution >= 0.6 is 0 Å². The predicted molar refractivity (Wildman–Crippen MR) is 117 cm³/mol. The van der Waals surface area contributed by atoms with Crippen LogP contribution in [0.2, 0.25) is 0 Å². The second-order valence-electron chi connectivity index (χ2n) is 8.12. The van der Waals surface area contributed by atoms with E-state index in [0.29, 0.717) is 5.69 Å². The van der Waals surface area contributed by atoms with Gasteiger partial charge in [-0.05, 0) is 49.6 Å². The standard InChI is InChI=1S/C25H21F3N2O3/c26-25(27,28)23-8-4-5-16(29-23)15-32-18-11-12-30(24(31)14-18)17-9-10-20-19-6-2-1-3-7-21(19)33-22(20)13-17/h4-5,8-14H,1-3,6-7,15H2. The Kier molecular flexibility index (Phi) is 5.44. The molecule has 0 N–H and O–H groups in total. The number of alkyl halides is 3. The molecule has 4 aromatic rings. The second kappa shape index (κ2) is 8.42. The Morgan fingerprint density at radius 2 is 1.88 bits per heavy atom. The van der Waals surface area contributed by atoms with Crippen LogP contribution in [0.4, 0.5) is 13.2 Å². The summed E-state index contributed by atoms with van der Waals surface area (Å²) in [6.07, 6.45) is 2.48. The average molecular weight is 454 g/mol. The van der Waals surface area contributed by atoms with Crippen LogP contribution in [0.15, 0.2) is 63.9 Å². The van der Waals surface area contributed by atoms with Gasteiger partial charge in [0.1, 0.15) is 29.4 Å². The lowest BCUT2D eigenvalue weighted by atomic mass is 10.1. The molecular weight excluding hydrogens is 433 g/mol. The van der Waals surface area contributed by atoms with Gasteiger partial charge < -0.3 is 9.15 Å². The number of furan rings is 1. The second-order valence-corrected chi connectivity index (χ2v) is 8.12. The molecule has 0 bridgehead atoms. The van der Waals surface area contributed by atoms with Crippen molar-refractivity contribution in [3.8, 4) is 11.4 Å². The third-order valence-electron chi connectivity index (χ3n) is 5.84. The number of aryl methyl sites for hydroxylation is 2. The quantitative estimate of drug-likeness (QED) is 0.363. The smallest absolute Gasteiger partial charge is 0.433 e. The van der Waals surface area contributed by atoms with E-state index >= 15 is 0 Å². The Bertz CT molecular complexity index is 1370. The number of nitrogens with zero attached hydrogens (tertiary/aromatic N) is 2.